The van der Waals surface area contributed by atoms with E-state index in [1.807, 2.05) is 11.8 Å². The molecule has 1 aliphatic heterocycles. The van der Waals surface area contributed by atoms with Gasteiger partial charge in [0.1, 0.15) is 5.02 Å². The molecule has 12 heteroatoms. The van der Waals surface area contributed by atoms with E-state index in [1.165, 1.54) is 15.6 Å². The van der Waals surface area contributed by atoms with E-state index in [9.17, 15) is 18.3 Å². The number of piperazine rings is 1. The standard InChI is InChI=1S/C13H17ClN6O4S/c1-3-8-7-18(13(21)22)4-5-19(8)12-17-11(25(2,23)24)16-10-9(14)6-15-20(10)12/h6,8H,3-5,7H2,1-2H3,(H,21,22)/t8-/m0/s1. The first-order valence-electron chi connectivity index (χ1n) is 7.58. The molecule has 0 spiro atoms. The van der Waals surface area contributed by atoms with Crippen LogP contribution in [0.5, 0.6) is 0 Å². The number of amides is 1. The Balaban J connectivity index is 2.12. The average Bonchev–Trinajstić information content (AvgIpc) is 2.94. The van der Waals surface area contributed by atoms with Crippen LogP contribution in [0, 0.1) is 0 Å². The van der Waals surface area contributed by atoms with E-state index in [1.54, 1.807) is 0 Å². The maximum atomic E-state index is 11.9. The van der Waals surface area contributed by atoms with Crippen molar-refractivity contribution in [2.75, 3.05) is 30.8 Å². The highest BCUT2D eigenvalue weighted by Crippen LogP contribution is 2.25. The minimum Gasteiger partial charge on any atom is -0.465 e. The van der Waals surface area contributed by atoms with E-state index >= 15 is 0 Å². The molecular formula is C13H17ClN6O4S. The van der Waals surface area contributed by atoms with Crippen LogP contribution < -0.4 is 4.90 Å². The predicted molar refractivity (Wildman–Crippen MR) is 89.9 cm³/mol. The summed E-state index contributed by atoms with van der Waals surface area (Å²) in [5, 5.41) is 13.2. The maximum Gasteiger partial charge on any atom is 0.407 e. The second-order valence-corrected chi connectivity index (χ2v) is 8.11. The number of halogens is 1. The average molecular weight is 389 g/mol. The van der Waals surface area contributed by atoms with E-state index in [4.69, 9.17) is 11.6 Å². The molecule has 0 unspecified atom stereocenters. The summed E-state index contributed by atoms with van der Waals surface area (Å²) >= 11 is 6.07. The fraction of sp³-hybridized carbons (Fsp3) is 0.538. The zero-order chi connectivity index (χ0) is 18.4. The van der Waals surface area contributed by atoms with E-state index in [-0.39, 0.29) is 34.4 Å². The molecule has 0 bridgehead atoms. The highest BCUT2D eigenvalue weighted by molar-refractivity contribution is 7.90. The lowest BCUT2D eigenvalue weighted by Gasteiger charge is -2.40. The zero-order valence-corrected chi connectivity index (χ0v) is 15.2. The van der Waals surface area contributed by atoms with Crippen LogP contribution in [0.4, 0.5) is 10.7 Å². The van der Waals surface area contributed by atoms with Crippen LogP contribution in [0.15, 0.2) is 11.4 Å². The van der Waals surface area contributed by atoms with Crippen molar-refractivity contribution in [3.05, 3.63) is 11.2 Å². The first kappa shape index (κ1) is 17.7. The Morgan fingerprint density at radius 2 is 2.12 bits per heavy atom. The molecule has 10 nitrogen and oxygen atoms in total. The van der Waals surface area contributed by atoms with Gasteiger partial charge in [0.25, 0.3) is 5.16 Å². The Morgan fingerprint density at radius 3 is 2.72 bits per heavy atom. The van der Waals surface area contributed by atoms with Gasteiger partial charge in [0.05, 0.1) is 6.20 Å². The van der Waals surface area contributed by atoms with Crippen molar-refractivity contribution >= 4 is 39.1 Å². The van der Waals surface area contributed by atoms with Gasteiger partial charge in [-0.05, 0) is 6.42 Å². The molecule has 0 saturated carbocycles. The molecule has 2 aromatic heterocycles. The van der Waals surface area contributed by atoms with Crippen molar-refractivity contribution in [1.29, 1.82) is 0 Å². The minimum absolute atomic E-state index is 0.168. The van der Waals surface area contributed by atoms with Crippen LogP contribution in [0.1, 0.15) is 13.3 Å². The molecule has 0 aliphatic carbocycles. The lowest BCUT2D eigenvalue weighted by molar-refractivity contribution is 0.134. The second-order valence-electron chi connectivity index (χ2n) is 5.79. The Morgan fingerprint density at radius 1 is 1.40 bits per heavy atom. The highest BCUT2D eigenvalue weighted by atomic mass is 35.5. The Bertz CT molecular complexity index is 930. The molecule has 1 saturated heterocycles. The van der Waals surface area contributed by atoms with E-state index < -0.39 is 15.9 Å². The number of anilines is 1. The number of aromatic nitrogens is 4. The van der Waals surface area contributed by atoms with Gasteiger partial charge in [-0.25, -0.2) is 13.2 Å². The normalized spacial score (nSPS) is 18.8. The zero-order valence-electron chi connectivity index (χ0n) is 13.6. The Kier molecular flexibility index (Phi) is 4.45. The van der Waals surface area contributed by atoms with Crippen molar-refractivity contribution in [3.63, 3.8) is 0 Å². The van der Waals surface area contributed by atoms with Crippen molar-refractivity contribution in [2.45, 2.75) is 24.5 Å². The summed E-state index contributed by atoms with van der Waals surface area (Å²) in [6, 6.07) is -0.168. The molecule has 136 valence electrons. The number of nitrogens with zero attached hydrogens (tertiary/aromatic N) is 6. The monoisotopic (exact) mass is 388 g/mol. The smallest absolute Gasteiger partial charge is 0.407 e. The SMILES string of the molecule is CC[C@H]1CN(C(=O)O)CCN1c1nc(S(C)(=O)=O)nc2c(Cl)cnn12. The largest absolute Gasteiger partial charge is 0.465 e. The number of sulfone groups is 1. The van der Waals surface area contributed by atoms with Crippen LogP contribution >= 0.6 is 11.6 Å². The van der Waals surface area contributed by atoms with Gasteiger partial charge < -0.3 is 14.9 Å². The molecular weight excluding hydrogens is 372 g/mol. The molecule has 2 aromatic rings. The fourth-order valence-corrected chi connectivity index (χ4v) is 3.48. The Hall–Kier alpha value is -2.14. The third-order valence-corrected chi connectivity index (χ3v) is 5.21. The van der Waals surface area contributed by atoms with Gasteiger partial charge in [0.15, 0.2) is 5.65 Å². The van der Waals surface area contributed by atoms with Gasteiger partial charge >= 0.3 is 6.09 Å². The summed E-state index contributed by atoms with van der Waals surface area (Å²) in [6.07, 6.45) is 2.06. The van der Waals surface area contributed by atoms with Crippen LogP contribution in [0.2, 0.25) is 5.02 Å². The predicted octanol–water partition coefficient (Wildman–Crippen LogP) is 0.760. The number of carboxylic acid groups (broad SMARTS) is 1. The van der Waals surface area contributed by atoms with Crippen molar-refractivity contribution in [1.82, 2.24) is 24.5 Å². The summed E-state index contributed by atoms with van der Waals surface area (Å²) in [5.74, 6) is 0.286. The lowest BCUT2D eigenvalue weighted by atomic mass is 10.1. The van der Waals surface area contributed by atoms with Gasteiger partial charge in [-0.3, -0.25) is 0 Å². The van der Waals surface area contributed by atoms with E-state index in [0.29, 0.717) is 19.5 Å². The summed E-state index contributed by atoms with van der Waals surface area (Å²) in [5.41, 5.74) is 0.197. The van der Waals surface area contributed by atoms with E-state index in [2.05, 4.69) is 15.1 Å². The fourth-order valence-electron chi connectivity index (χ4n) is 2.81. The second kappa shape index (κ2) is 6.30. The van der Waals surface area contributed by atoms with E-state index in [0.717, 1.165) is 6.26 Å². The first-order chi connectivity index (χ1) is 11.7. The number of fused-ring (bicyclic) bond motifs is 1. The molecule has 1 amide bonds. The summed E-state index contributed by atoms with van der Waals surface area (Å²) in [7, 11) is -3.65. The van der Waals surface area contributed by atoms with Gasteiger partial charge in [0, 0.05) is 31.9 Å². The molecule has 3 rings (SSSR count). The Labute approximate surface area is 148 Å². The van der Waals surface area contributed by atoms with Gasteiger partial charge in [-0.15, -0.1) is 0 Å². The number of carbonyl (C=O) groups is 1. The van der Waals surface area contributed by atoms with Crippen molar-refractivity contribution < 1.29 is 18.3 Å². The minimum atomic E-state index is -3.65. The molecule has 0 aromatic carbocycles. The van der Waals surface area contributed by atoms with Gasteiger partial charge in [0.2, 0.25) is 15.8 Å². The van der Waals surface area contributed by atoms with Crippen LogP contribution in [0.25, 0.3) is 5.65 Å². The van der Waals surface area contributed by atoms with Gasteiger partial charge in [-0.1, -0.05) is 18.5 Å². The molecule has 0 radical (unpaired) electrons. The highest BCUT2D eigenvalue weighted by Gasteiger charge is 2.32. The first-order valence-corrected chi connectivity index (χ1v) is 9.85. The van der Waals surface area contributed by atoms with Crippen LogP contribution in [-0.2, 0) is 9.84 Å². The number of hydrogen-bond acceptors (Lipinski definition) is 7. The summed E-state index contributed by atoms with van der Waals surface area (Å²) in [6.45, 7) is 2.85. The maximum absolute atomic E-state index is 11.9. The summed E-state index contributed by atoms with van der Waals surface area (Å²) < 4.78 is 25.3. The van der Waals surface area contributed by atoms with Crippen molar-refractivity contribution in [3.8, 4) is 0 Å². The van der Waals surface area contributed by atoms with Crippen molar-refractivity contribution in [2.24, 2.45) is 0 Å². The third-order valence-electron chi connectivity index (χ3n) is 4.10. The molecule has 1 atom stereocenters. The van der Waals surface area contributed by atoms with Crippen LogP contribution in [0.3, 0.4) is 0 Å². The number of hydrogen-bond donors (Lipinski definition) is 1. The lowest BCUT2D eigenvalue weighted by Crippen LogP contribution is -2.55. The van der Waals surface area contributed by atoms with Gasteiger partial charge in [-0.2, -0.15) is 19.6 Å². The number of rotatable bonds is 3. The quantitative estimate of drug-likeness (QED) is 0.817. The summed E-state index contributed by atoms with van der Waals surface area (Å²) in [4.78, 5) is 22.6. The van der Waals surface area contributed by atoms with Crippen LogP contribution in [-0.4, -0.2) is 76.0 Å². The third kappa shape index (κ3) is 3.21. The molecule has 1 N–H and O–H groups in total. The molecule has 1 aliphatic rings. The molecule has 25 heavy (non-hydrogen) atoms. The topological polar surface area (TPSA) is 121 Å². The molecule has 1 fully saturated rings. The molecule has 3 heterocycles.